The van der Waals surface area contributed by atoms with E-state index in [0.717, 1.165) is 10.9 Å². The molecule has 100 valence electrons. The number of aromatic carboxylic acids is 1. The van der Waals surface area contributed by atoms with Crippen LogP contribution in [0.4, 0.5) is 13.2 Å². The molecule has 0 aliphatic rings. The number of aryl methyl sites for hydroxylation is 1. The van der Waals surface area contributed by atoms with Crippen molar-refractivity contribution < 1.29 is 23.1 Å². The summed E-state index contributed by atoms with van der Waals surface area (Å²) >= 11 is 0. The van der Waals surface area contributed by atoms with Gasteiger partial charge in [-0.05, 0) is 17.7 Å². The molecule has 0 bridgehead atoms. The van der Waals surface area contributed by atoms with Crippen molar-refractivity contribution >= 4 is 5.97 Å². The lowest BCUT2D eigenvalue weighted by molar-refractivity contribution is -0.143. The number of carboxylic acids is 1. The number of nitrogens with zero attached hydrogens (tertiary/aromatic N) is 2. The number of benzene rings is 1. The van der Waals surface area contributed by atoms with Crippen LogP contribution in [0.15, 0.2) is 30.5 Å². The van der Waals surface area contributed by atoms with Crippen molar-refractivity contribution in [3.05, 3.63) is 41.7 Å². The Morgan fingerprint density at radius 2 is 1.84 bits per heavy atom. The molecule has 2 rings (SSSR count). The molecule has 0 aliphatic carbocycles. The van der Waals surface area contributed by atoms with Crippen LogP contribution in [0.1, 0.15) is 16.1 Å². The van der Waals surface area contributed by atoms with Crippen molar-refractivity contribution in [1.29, 1.82) is 0 Å². The largest absolute Gasteiger partial charge is 0.478 e. The molecule has 0 saturated heterocycles. The van der Waals surface area contributed by atoms with Gasteiger partial charge in [-0.25, -0.2) is 4.79 Å². The zero-order valence-corrected chi connectivity index (χ0v) is 9.77. The summed E-state index contributed by atoms with van der Waals surface area (Å²) in [4.78, 5) is 10.7. The van der Waals surface area contributed by atoms with Crippen LogP contribution in [0.3, 0.4) is 0 Å². The van der Waals surface area contributed by atoms with Gasteiger partial charge in [0.25, 0.3) is 0 Å². The number of hydrogen-bond acceptors (Lipinski definition) is 2. The zero-order valence-electron chi connectivity index (χ0n) is 9.77. The molecule has 7 heteroatoms. The third-order valence-corrected chi connectivity index (χ3v) is 2.65. The van der Waals surface area contributed by atoms with E-state index in [4.69, 9.17) is 5.11 Å². The summed E-state index contributed by atoms with van der Waals surface area (Å²) in [6.45, 7) is 0. The van der Waals surface area contributed by atoms with E-state index in [1.807, 2.05) is 0 Å². The SMILES string of the molecule is Cn1ncc(-c2ccc(C(=O)O)cc2)c1C(F)(F)F. The Labute approximate surface area is 106 Å². The Morgan fingerprint density at radius 1 is 1.26 bits per heavy atom. The first-order valence-corrected chi connectivity index (χ1v) is 5.23. The molecule has 0 unspecified atom stereocenters. The van der Waals surface area contributed by atoms with Gasteiger partial charge in [-0.1, -0.05) is 12.1 Å². The van der Waals surface area contributed by atoms with E-state index >= 15 is 0 Å². The first-order valence-electron chi connectivity index (χ1n) is 5.23. The molecule has 0 amide bonds. The van der Waals surface area contributed by atoms with Crippen LogP contribution in [0.2, 0.25) is 0 Å². The summed E-state index contributed by atoms with van der Waals surface area (Å²) in [5, 5.41) is 12.3. The van der Waals surface area contributed by atoms with Crippen molar-refractivity contribution in [3.63, 3.8) is 0 Å². The van der Waals surface area contributed by atoms with Crippen molar-refractivity contribution in [2.75, 3.05) is 0 Å². The van der Waals surface area contributed by atoms with Gasteiger partial charge in [0.05, 0.1) is 11.8 Å². The number of rotatable bonds is 2. The second-order valence-electron chi connectivity index (χ2n) is 3.91. The Hall–Kier alpha value is -2.31. The molecule has 0 atom stereocenters. The highest BCUT2D eigenvalue weighted by Crippen LogP contribution is 2.36. The van der Waals surface area contributed by atoms with Gasteiger partial charge in [0.15, 0.2) is 0 Å². The molecular weight excluding hydrogens is 261 g/mol. The molecule has 0 fully saturated rings. The fourth-order valence-electron chi connectivity index (χ4n) is 1.78. The molecule has 2 aromatic rings. The lowest BCUT2D eigenvalue weighted by atomic mass is 10.0. The summed E-state index contributed by atoms with van der Waals surface area (Å²) in [7, 11) is 1.21. The predicted octanol–water partition coefficient (Wildman–Crippen LogP) is 2.80. The average Bonchev–Trinajstić information content (AvgIpc) is 2.71. The number of hydrogen-bond donors (Lipinski definition) is 1. The summed E-state index contributed by atoms with van der Waals surface area (Å²) in [6, 6.07) is 5.17. The maximum Gasteiger partial charge on any atom is 0.433 e. The van der Waals surface area contributed by atoms with Crippen molar-refractivity contribution in [2.45, 2.75) is 6.18 Å². The molecule has 19 heavy (non-hydrogen) atoms. The molecule has 0 saturated carbocycles. The monoisotopic (exact) mass is 270 g/mol. The Balaban J connectivity index is 2.51. The van der Waals surface area contributed by atoms with Gasteiger partial charge in [0.2, 0.25) is 0 Å². The fraction of sp³-hybridized carbons (Fsp3) is 0.167. The third kappa shape index (κ3) is 2.44. The third-order valence-electron chi connectivity index (χ3n) is 2.65. The van der Waals surface area contributed by atoms with Gasteiger partial charge in [-0.3, -0.25) is 4.68 Å². The highest BCUT2D eigenvalue weighted by molar-refractivity contribution is 5.88. The van der Waals surface area contributed by atoms with Gasteiger partial charge < -0.3 is 5.11 Å². The average molecular weight is 270 g/mol. The fourth-order valence-corrected chi connectivity index (χ4v) is 1.78. The number of halogens is 3. The second-order valence-corrected chi connectivity index (χ2v) is 3.91. The zero-order chi connectivity index (χ0) is 14.2. The van der Waals surface area contributed by atoms with E-state index in [9.17, 15) is 18.0 Å². The van der Waals surface area contributed by atoms with Crippen LogP contribution < -0.4 is 0 Å². The minimum atomic E-state index is -4.52. The van der Waals surface area contributed by atoms with Crippen LogP contribution in [0.25, 0.3) is 11.1 Å². The summed E-state index contributed by atoms with van der Waals surface area (Å²) in [6.07, 6.45) is -3.41. The summed E-state index contributed by atoms with van der Waals surface area (Å²) < 4.78 is 39.4. The van der Waals surface area contributed by atoms with Crippen molar-refractivity contribution in [3.8, 4) is 11.1 Å². The van der Waals surface area contributed by atoms with Crippen LogP contribution in [0.5, 0.6) is 0 Å². The van der Waals surface area contributed by atoms with Crippen LogP contribution in [-0.2, 0) is 13.2 Å². The molecule has 1 N–H and O–H groups in total. The maximum absolute atomic E-state index is 12.9. The Morgan fingerprint density at radius 3 is 2.32 bits per heavy atom. The Bertz CT molecular complexity index is 615. The van der Waals surface area contributed by atoms with Crippen LogP contribution in [-0.4, -0.2) is 20.9 Å². The van der Waals surface area contributed by atoms with Gasteiger partial charge in [0, 0.05) is 12.6 Å². The topological polar surface area (TPSA) is 55.1 Å². The minimum Gasteiger partial charge on any atom is -0.478 e. The lowest BCUT2D eigenvalue weighted by Crippen LogP contribution is -2.13. The molecule has 0 aliphatic heterocycles. The number of alkyl halides is 3. The lowest BCUT2D eigenvalue weighted by Gasteiger charge is -2.10. The maximum atomic E-state index is 12.9. The molecule has 4 nitrogen and oxygen atoms in total. The van der Waals surface area contributed by atoms with Crippen LogP contribution in [0, 0.1) is 0 Å². The standard InChI is InChI=1S/C12H9F3N2O2/c1-17-10(12(13,14)15)9(6-16-17)7-2-4-8(5-3-7)11(18)19/h2-6H,1H3,(H,18,19). The summed E-state index contributed by atoms with van der Waals surface area (Å²) in [5.74, 6) is -1.13. The van der Waals surface area contributed by atoms with Gasteiger partial charge in [-0.15, -0.1) is 0 Å². The normalized spacial score (nSPS) is 11.6. The second kappa shape index (κ2) is 4.42. The highest BCUT2D eigenvalue weighted by atomic mass is 19.4. The minimum absolute atomic E-state index is 0.0150. The van der Waals surface area contributed by atoms with E-state index in [1.165, 1.54) is 31.3 Å². The predicted molar refractivity (Wildman–Crippen MR) is 60.6 cm³/mol. The number of aromatic nitrogens is 2. The molecule has 0 spiro atoms. The van der Waals surface area contributed by atoms with Crippen molar-refractivity contribution in [1.82, 2.24) is 9.78 Å². The first-order chi connectivity index (χ1) is 8.80. The Kier molecular flexibility index (Phi) is 3.05. The van der Waals surface area contributed by atoms with E-state index < -0.39 is 17.8 Å². The first kappa shape index (κ1) is 13.1. The molecule has 1 heterocycles. The van der Waals surface area contributed by atoms with Crippen LogP contribution >= 0.6 is 0 Å². The van der Waals surface area contributed by atoms with E-state index in [-0.39, 0.29) is 16.7 Å². The van der Waals surface area contributed by atoms with Gasteiger partial charge >= 0.3 is 12.1 Å². The van der Waals surface area contributed by atoms with Gasteiger partial charge in [0.1, 0.15) is 5.69 Å². The van der Waals surface area contributed by atoms with E-state index in [2.05, 4.69) is 5.10 Å². The summed E-state index contributed by atoms with van der Waals surface area (Å²) in [5.41, 5.74) is -0.658. The number of carboxylic acid groups (broad SMARTS) is 1. The molecular formula is C12H9F3N2O2. The van der Waals surface area contributed by atoms with Gasteiger partial charge in [-0.2, -0.15) is 18.3 Å². The molecule has 1 aromatic heterocycles. The smallest absolute Gasteiger partial charge is 0.433 e. The highest BCUT2D eigenvalue weighted by Gasteiger charge is 2.37. The van der Waals surface area contributed by atoms with E-state index in [1.54, 1.807) is 0 Å². The molecule has 1 aromatic carbocycles. The molecule has 0 radical (unpaired) electrons. The van der Waals surface area contributed by atoms with Crippen molar-refractivity contribution in [2.24, 2.45) is 7.05 Å². The number of carbonyl (C=O) groups is 1. The quantitative estimate of drug-likeness (QED) is 0.912. The van der Waals surface area contributed by atoms with E-state index in [0.29, 0.717) is 0 Å².